The summed E-state index contributed by atoms with van der Waals surface area (Å²) in [7, 11) is 0. The van der Waals surface area contributed by atoms with Crippen molar-refractivity contribution < 1.29 is 4.74 Å². The molecule has 2 rings (SSSR count). The highest BCUT2D eigenvalue weighted by molar-refractivity contribution is 5.29. The van der Waals surface area contributed by atoms with Crippen LogP contribution < -0.4 is 10.5 Å². The van der Waals surface area contributed by atoms with Gasteiger partial charge in [0.1, 0.15) is 11.9 Å². The van der Waals surface area contributed by atoms with Gasteiger partial charge in [0.25, 0.3) is 0 Å². The van der Waals surface area contributed by atoms with Gasteiger partial charge in [-0.25, -0.2) is 0 Å². The van der Waals surface area contributed by atoms with Crippen LogP contribution in [0.5, 0.6) is 5.75 Å². The second-order valence-electron chi connectivity index (χ2n) is 5.44. The van der Waals surface area contributed by atoms with E-state index < -0.39 is 0 Å². The summed E-state index contributed by atoms with van der Waals surface area (Å²) in [6.45, 7) is 6.32. The molecule has 21 heavy (non-hydrogen) atoms. The number of benzene rings is 2. The van der Waals surface area contributed by atoms with Crippen LogP contribution in [0.1, 0.15) is 43.5 Å². The molecule has 0 radical (unpaired) electrons. The first kappa shape index (κ1) is 15.6. The van der Waals surface area contributed by atoms with E-state index in [1.165, 1.54) is 11.1 Å². The average Bonchev–Trinajstić information content (AvgIpc) is 2.55. The van der Waals surface area contributed by atoms with Gasteiger partial charge in [0.15, 0.2) is 0 Å². The molecule has 0 aromatic heterocycles. The van der Waals surface area contributed by atoms with Crippen LogP contribution in [0.4, 0.5) is 0 Å². The Labute approximate surface area is 127 Å². The largest absolute Gasteiger partial charge is 0.489 e. The number of hydrogen-bond donors (Lipinski definition) is 1. The Balaban J connectivity index is 2.01. The summed E-state index contributed by atoms with van der Waals surface area (Å²) in [6, 6.07) is 16.6. The Morgan fingerprint density at radius 3 is 1.81 bits per heavy atom. The van der Waals surface area contributed by atoms with Crippen molar-refractivity contribution in [3.05, 3.63) is 65.2 Å². The normalized spacial score (nSPS) is 13.7. The molecule has 0 saturated carbocycles. The van der Waals surface area contributed by atoms with Gasteiger partial charge in [0, 0.05) is 0 Å². The quantitative estimate of drug-likeness (QED) is 0.859. The molecule has 0 spiro atoms. The molecule has 0 aliphatic rings. The van der Waals surface area contributed by atoms with E-state index in [0.717, 1.165) is 24.2 Å². The molecule has 0 fully saturated rings. The second-order valence-corrected chi connectivity index (χ2v) is 5.44. The lowest BCUT2D eigenvalue weighted by Gasteiger charge is -2.22. The van der Waals surface area contributed by atoms with Crippen molar-refractivity contribution >= 4 is 0 Å². The summed E-state index contributed by atoms with van der Waals surface area (Å²) >= 11 is 0. The predicted octanol–water partition coefficient (Wildman–Crippen LogP) is 4.28. The monoisotopic (exact) mass is 283 g/mol. The third kappa shape index (κ3) is 4.08. The van der Waals surface area contributed by atoms with E-state index in [2.05, 4.69) is 50.2 Å². The predicted molar refractivity (Wildman–Crippen MR) is 88.7 cm³/mol. The van der Waals surface area contributed by atoms with Crippen molar-refractivity contribution in [2.45, 2.75) is 45.8 Å². The average molecular weight is 283 g/mol. The molecule has 0 aliphatic heterocycles. The summed E-state index contributed by atoms with van der Waals surface area (Å²) in [5, 5.41) is 0. The summed E-state index contributed by atoms with van der Waals surface area (Å²) in [5.74, 6) is 0.875. The van der Waals surface area contributed by atoms with E-state index in [1.807, 2.05) is 19.1 Å². The van der Waals surface area contributed by atoms with Crippen LogP contribution in [0.2, 0.25) is 0 Å². The van der Waals surface area contributed by atoms with Gasteiger partial charge >= 0.3 is 0 Å². The van der Waals surface area contributed by atoms with E-state index in [-0.39, 0.29) is 12.1 Å². The number of rotatable bonds is 6. The van der Waals surface area contributed by atoms with Crippen molar-refractivity contribution in [3.63, 3.8) is 0 Å². The standard InChI is InChI=1S/C19H25NO/c1-4-15-6-10-17(11-7-15)19(20)14(3)21-18-12-8-16(5-2)9-13-18/h6-14,19H,4-5,20H2,1-3H3. The highest BCUT2D eigenvalue weighted by atomic mass is 16.5. The van der Waals surface area contributed by atoms with Gasteiger partial charge in [0.05, 0.1) is 6.04 Å². The Bertz CT molecular complexity index is 545. The Morgan fingerprint density at radius 1 is 0.857 bits per heavy atom. The van der Waals surface area contributed by atoms with Gasteiger partial charge in [-0.3, -0.25) is 0 Å². The molecule has 0 amide bonds. The van der Waals surface area contributed by atoms with Crippen LogP contribution in [-0.2, 0) is 12.8 Å². The third-order valence-electron chi connectivity index (χ3n) is 3.93. The van der Waals surface area contributed by atoms with Gasteiger partial charge < -0.3 is 10.5 Å². The summed E-state index contributed by atoms with van der Waals surface area (Å²) in [5.41, 5.74) is 10.1. The molecule has 112 valence electrons. The Kier molecular flexibility index (Phi) is 5.40. The van der Waals surface area contributed by atoms with Gasteiger partial charge in [-0.15, -0.1) is 0 Å². The topological polar surface area (TPSA) is 35.2 Å². The zero-order valence-electron chi connectivity index (χ0n) is 13.2. The highest BCUT2D eigenvalue weighted by Gasteiger charge is 2.16. The molecule has 2 heteroatoms. The lowest BCUT2D eigenvalue weighted by molar-refractivity contribution is 0.190. The minimum Gasteiger partial charge on any atom is -0.489 e. The molecule has 2 aromatic rings. The van der Waals surface area contributed by atoms with Gasteiger partial charge in [-0.05, 0) is 48.6 Å². The van der Waals surface area contributed by atoms with Gasteiger partial charge in [-0.1, -0.05) is 50.2 Å². The van der Waals surface area contributed by atoms with E-state index in [1.54, 1.807) is 0 Å². The maximum Gasteiger partial charge on any atom is 0.119 e. The summed E-state index contributed by atoms with van der Waals surface area (Å²) in [6.07, 6.45) is 2.02. The summed E-state index contributed by atoms with van der Waals surface area (Å²) < 4.78 is 5.96. The molecule has 2 unspecified atom stereocenters. The maximum absolute atomic E-state index is 6.31. The lowest BCUT2D eigenvalue weighted by atomic mass is 10.0. The second kappa shape index (κ2) is 7.28. The minimum absolute atomic E-state index is 0.0649. The van der Waals surface area contributed by atoms with Gasteiger partial charge in [-0.2, -0.15) is 0 Å². The van der Waals surface area contributed by atoms with Crippen molar-refractivity contribution in [2.24, 2.45) is 5.73 Å². The molecule has 0 bridgehead atoms. The Hall–Kier alpha value is -1.80. The number of hydrogen-bond acceptors (Lipinski definition) is 2. The molecular formula is C19H25NO. The van der Waals surface area contributed by atoms with E-state index in [4.69, 9.17) is 10.5 Å². The fourth-order valence-electron chi connectivity index (χ4n) is 2.34. The van der Waals surface area contributed by atoms with Crippen LogP contribution in [0.15, 0.2) is 48.5 Å². The molecule has 2 aromatic carbocycles. The van der Waals surface area contributed by atoms with Crippen LogP contribution in [0.3, 0.4) is 0 Å². The molecule has 2 N–H and O–H groups in total. The van der Waals surface area contributed by atoms with E-state index in [9.17, 15) is 0 Å². The van der Waals surface area contributed by atoms with Crippen molar-refractivity contribution in [1.29, 1.82) is 0 Å². The first-order chi connectivity index (χ1) is 10.1. The number of nitrogens with two attached hydrogens (primary N) is 1. The first-order valence-electron chi connectivity index (χ1n) is 7.74. The molecule has 0 saturated heterocycles. The zero-order valence-corrected chi connectivity index (χ0v) is 13.2. The molecule has 0 aliphatic carbocycles. The highest BCUT2D eigenvalue weighted by Crippen LogP contribution is 2.21. The molecule has 2 nitrogen and oxygen atoms in total. The number of ether oxygens (including phenoxy) is 1. The number of aryl methyl sites for hydroxylation is 2. The van der Waals surface area contributed by atoms with Crippen LogP contribution in [0, 0.1) is 0 Å². The van der Waals surface area contributed by atoms with E-state index >= 15 is 0 Å². The fraction of sp³-hybridized carbons (Fsp3) is 0.368. The zero-order chi connectivity index (χ0) is 15.2. The fourth-order valence-corrected chi connectivity index (χ4v) is 2.34. The van der Waals surface area contributed by atoms with Crippen LogP contribution in [0.25, 0.3) is 0 Å². The van der Waals surface area contributed by atoms with Crippen molar-refractivity contribution in [2.75, 3.05) is 0 Å². The Morgan fingerprint density at radius 2 is 1.33 bits per heavy atom. The van der Waals surface area contributed by atoms with Crippen LogP contribution in [-0.4, -0.2) is 6.10 Å². The van der Waals surface area contributed by atoms with Crippen LogP contribution >= 0.6 is 0 Å². The smallest absolute Gasteiger partial charge is 0.119 e. The first-order valence-corrected chi connectivity index (χ1v) is 7.74. The maximum atomic E-state index is 6.31. The van der Waals surface area contributed by atoms with Gasteiger partial charge in [0.2, 0.25) is 0 Å². The SMILES string of the molecule is CCc1ccc(OC(C)C(N)c2ccc(CC)cc2)cc1. The van der Waals surface area contributed by atoms with Crippen molar-refractivity contribution in [3.8, 4) is 5.75 Å². The molecule has 2 atom stereocenters. The van der Waals surface area contributed by atoms with Crippen molar-refractivity contribution in [1.82, 2.24) is 0 Å². The molecule has 0 heterocycles. The lowest BCUT2D eigenvalue weighted by Crippen LogP contribution is -2.28. The minimum atomic E-state index is -0.123. The molecular weight excluding hydrogens is 258 g/mol. The van der Waals surface area contributed by atoms with E-state index in [0.29, 0.717) is 0 Å². The third-order valence-corrected chi connectivity index (χ3v) is 3.93. The summed E-state index contributed by atoms with van der Waals surface area (Å²) in [4.78, 5) is 0.